The maximum atomic E-state index is 5.97. The highest BCUT2D eigenvalue weighted by atomic mass is 16.5. The van der Waals surface area contributed by atoms with Gasteiger partial charge in [-0.15, -0.1) is 0 Å². The Bertz CT molecular complexity index is 361. The molecule has 0 radical (unpaired) electrons. The van der Waals surface area contributed by atoms with Crippen molar-refractivity contribution in [2.45, 2.75) is 44.9 Å². The Kier molecular flexibility index (Phi) is 5.31. The van der Waals surface area contributed by atoms with Crippen LogP contribution in [0.25, 0.3) is 0 Å². The van der Waals surface area contributed by atoms with Gasteiger partial charge in [0.1, 0.15) is 6.10 Å². The third kappa shape index (κ3) is 4.40. The predicted octanol–water partition coefficient (Wildman–Crippen LogP) is 1.64. The van der Waals surface area contributed by atoms with Crippen LogP contribution in [0.2, 0.25) is 0 Å². The molecule has 104 valence electrons. The van der Waals surface area contributed by atoms with Crippen LogP contribution in [0.15, 0.2) is 12.4 Å². The van der Waals surface area contributed by atoms with E-state index in [0.29, 0.717) is 6.61 Å². The summed E-state index contributed by atoms with van der Waals surface area (Å²) in [4.78, 5) is 0. The van der Waals surface area contributed by atoms with Crippen LogP contribution in [-0.2, 0) is 16.5 Å². The molecule has 0 aromatic carbocycles. The molecule has 1 heterocycles. The van der Waals surface area contributed by atoms with Gasteiger partial charge in [0.15, 0.2) is 0 Å². The Morgan fingerprint density at radius 2 is 2.17 bits per heavy atom. The molecule has 0 aliphatic heterocycles. The van der Waals surface area contributed by atoms with Gasteiger partial charge >= 0.3 is 0 Å². The number of methoxy groups -OCH3 is 1. The molecule has 1 aromatic rings. The lowest BCUT2D eigenvalue weighted by atomic mass is 10.1. The van der Waals surface area contributed by atoms with E-state index in [9.17, 15) is 0 Å². The predicted molar refractivity (Wildman–Crippen MR) is 71.3 cm³/mol. The number of ether oxygens (including phenoxy) is 2. The molecular formula is C13H25N3O2. The number of nitrogens with two attached hydrogens (primary N) is 1. The maximum absolute atomic E-state index is 5.97. The topological polar surface area (TPSA) is 62.3 Å². The van der Waals surface area contributed by atoms with Crippen LogP contribution < -0.4 is 5.73 Å². The molecule has 0 spiro atoms. The summed E-state index contributed by atoms with van der Waals surface area (Å²) in [5.41, 5.74) is 6.81. The first-order valence-electron chi connectivity index (χ1n) is 6.26. The summed E-state index contributed by atoms with van der Waals surface area (Å²) in [7, 11) is 3.60. The monoisotopic (exact) mass is 255 g/mol. The van der Waals surface area contributed by atoms with Crippen LogP contribution in [0.1, 0.15) is 38.9 Å². The number of aromatic nitrogens is 2. The molecule has 0 aliphatic carbocycles. The highest BCUT2D eigenvalue weighted by molar-refractivity contribution is 5.10. The first-order chi connectivity index (χ1) is 8.35. The second kappa shape index (κ2) is 6.31. The van der Waals surface area contributed by atoms with Crippen LogP contribution >= 0.6 is 0 Å². The number of nitrogens with zero attached hydrogens (tertiary/aromatic N) is 2. The number of rotatable bonds is 7. The minimum Gasteiger partial charge on any atom is -0.379 e. The third-order valence-corrected chi connectivity index (χ3v) is 3.09. The van der Waals surface area contributed by atoms with E-state index in [4.69, 9.17) is 15.2 Å². The van der Waals surface area contributed by atoms with Gasteiger partial charge in [0.05, 0.1) is 18.4 Å². The smallest absolute Gasteiger partial charge is 0.100 e. The molecule has 1 aromatic heterocycles. The molecule has 5 heteroatoms. The molecule has 18 heavy (non-hydrogen) atoms. The zero-order valence-corrected chi connectivity index (χ0v) is 12.0. The summed E-state index contributed by atoms with van der Waals surface area (Å²) in [6, 6.07) is -0.0696. The van der Waals surface area contributed by atoms with Gasteiger partial charge in [0, 0.05) is 32.0 Å². The third-order valence-electron chi connectivity index (χ3n) is 3.09. The highest BCUT2D eigenvalue weighted by Gasteiger charge is 2.21. The normalized spacial score (nSPS) is 15.7. The molecular weight excluding hydrogens is 230 g/mol. The van der Waals surface area contributed by atoms with Gasteiger partial charge < -0.3 is 15.2 Å². The molecule has 2 N–H and O–H groups in total. The molecule has 2 unspecified atom stereocenters. The summed E-state index contributed by atoms with van der Waals surface area (Å²) in [5, 5.41) is 4.15. The highest BCUT2D eigenvalue weighted by Crippen LogP contribution is 2.21. The zero-order valence-electron chi connectivity index (χ0n) is 12.0. The number of hydrogen-bond acceptors (Lipinski definition) is 4. The lowest BCUT2D eigenvalue weighted by Crippen LogP contribution is -2.30. The van der Waals surface area contributed by atoms with Crippen molar-refractivity contribution in [2.24, 2.45) is 12.8 Å². The summed E-state index contributed by atoms with van der Waals surface area (Å²) < 4.78 is 13.0. The fraction of sp³-hybridized carbons (Fsp3) is 0.769. The first kappa shape index (κ1) is 15.1. The summed E-state index contributed by atoms with van der Waals surface area (Å²) in [6.45, 7) is 6.64. The van der Waals surface area contributed by atoms with Crippen LogP contribution in [0.4, 0.5) is 0 Å². The molecule has 0 saturated heterocycles. The quantitative estimate of drug-likeness (QED) is 0.804. The van der Waals surface area contributed by atoms with Gasteiger partial charge in [0.25, 0.3) is 0 Å². The van der Waals surface area contributed by atoms with E-state index in [-0.39, 0.29) is 17.7 Å². The SMILES string of the molecule is COC(C)(C)CCOC(c1cnn(C)c1)C(C)N. The van der Waals surface area contributed by atoms with E-state index in [1.165, 1.54) is 0 Å². The second-order valence-electron chi connectivity index (χ2n) is 5.31. The van der Waals surface area contributed by atoms with Crippen molar-refractivity contribution in [1.82, 2.24) is 9.78 Å². The van der Waals surface area contributed by atoms with E-state index in [1.807, 2.05) is 34.0 Å². The van der Waals surface area contributed by atoms with E-state index >= 15 is 0 Å². The van der Waals surface area contributed by atoms with Crippen molar-refractivity contribution in [3.05, 3.63) is 18.0 Å². The van der Waals surface area contributed by atoms with Crippen molar-refractivity contribution in [1.29, 1.82) is 0 Å². The maximum Gasteiger partial charge on any atom is 0.100 e. The first-order valence-corrected chi connectivity index (χ1v) is 6.26. The molecule has 0 bridgehead atoms. The van der Waals surface area contributed by atoms with Gasteiger partial charge in [-0.05, 0) is 27.2 Å². The minimum absolute atomic E-state index is 0.0696. The largest absolute Gasteiger partial charge is 0.379 e. The molecule has 0 aliphatic rings. The van der Waals surface area contributed by atoms with Crippen molar-refractivity contribution < 1.29 is 9.47 Å². The summed E-state index contributed by atoms with van der Waals surface area (Å²) >= 11 is 0. The Morgan fingerprint density at radius 3 is 2.61 bits per heavy atom. The Balaban J connectivity index is 2.55. The Labute approximate surface area is 109 Å². The Hall–Kier alpha value is -0.910. The fourth-order valence-corrected chi connectivity index (χ4v) is 1.67. The van der Waals surface area contributed by atoms with E-state index in [2.05, 4.69) is 5.10 Å². The van der Waals surface area contributed by atoms with Crippen molar-refractivity contribution >= 4 is 0 Å². The summed E-state index contributed by atoms with van der Waals surface area (Å²) in [5.74, 6) is 0. The molecule has 5 nitrogen and oxygen atoms in total. The van der Waals surface area contributed by atoms with E-state index < -0.39 is 0 Å². The molecule has 0 amide bonds. The van der Waals surface area contributed by atoms with Gasteiger partial charge in [-0.2, -0.15) is 5.10 Å². The average molecular weight is 255 g/mol. The minimum atomic E-state index is -0.169. The Morgan fingerprint density at radius 1 is 1.50 bits per heavy atom. The summed E-state index contributed by atoms with van der Waals surface area (Å²) in [6.07, 6.45) is 4.45. The van der Waals surface area contributed by atoms with Gasteiger partial charge in [-0.1, -0.05) is 0 Å². The molecule has 2 atom stereocenters. The lowest BCUT2D eigenvalue weighted by Gasteiger charge is -2.25. The van der Waals surface area contributed by atoms with E-state index in [0.717, 1.165) is 12.0 Å². The van der Waals surface area contributed by atoms with Crippen LogP contribution in [0.5, 0.6) is 0 Å². The molecule has 0 fully saturated rings. The van der Waals surface area contributed by atoms with Crippen LogP contribution in [0.3, 0.4) is 0 Å². The van der Waals surface area contributed by atoms with Gasteiger partial charge in [-0.25, -0.2) is 0 Å². The van der Waals surface area contributed by atoms with Crippen molar-refractivity contribution in [3.63, 3.8) is 0 Å². The van der Waals surface area contributed by atoms with Gasteiger partial charge in [0.2, 0.25) is 0 Å². The standard InChI is InChI=1S/C13H25N3O2/c1-10(14)12(11-8-15-16(4)9-11)18-7-6-13(2,3)17-5/h8-10,12H,6-7,14H2,1-5H3. The second-order valence-corrected chi connectivity index (χ2v) is 5.31. The van der Waals surface area contributed by atoms with Crippen LogP contribution in [-0.4, -0.2) is 35.1 Å². The van der Waals surface area contributed by atoms with Crippen LogP contribution in [0, 0.1) is 0 Å². The number of hydrogen-bond donors (Lipinski definition) is 1. The van der Waals surface area contributed by atoms with E-state index in [1.54, 1.807) is 18.0 Å². The van der Waals surface area contributed by atoms with Crippen molar-refractivity contribution in [3.8, 4) is 0 Å². The number of aryl methyl sites for hydroxylation is 1. The van der Waals surface area contributed by atoms with Crippen molar-refractivity contribution in [2.75, 3.05) is 13.7 Å². The zero-order chi connectivity index (χ0) is 13.8. The van der Waals surface area contributed by atoms with Gasteiger partial charge in [-0.3, -0.25) is 4.68 Å². The average Bonchev–Trinajstić information content (AvgIpc) is 2.70. The molecule has 0 saturated carbocycles. The fourth-order valence-electron chi connectivity index (χ4n) is 1.67. The lowest BCUT2D eigenvalue weighted by molar-refractivity contribution is -0.0317. The molecule has 1 rings (SSSR count).